The molecule has 1 aromatic heterocycles. The zero-order valence-corrected chi connectivity index (χ0v) is 15.0. The Hall–Kier alpha value is -0.900. The monoisotopic (exact) mass is 380 g/mol. The van der Waals surface area contributed by atoms with E-state index in [9.17, 15) is 5.11 Å². The quantitative estimate of drug-likeness (QED) is 0.318. The molecule has 136 valence electrons. The molecule has 0 amide bonds. The van der Waals surface area contributed by atoms with Crippen molar-refractivity contribution >= 4 is 34.7 Å². The number of nitrogens with one attached hydrogen (secondary N) is 1. The highest BCUT2D eigenvalue weighted by atomic mass is 35.5. The number of nitrogen functional groups attached to an aromatic ring is 1. The lowest BCUT2D eigenvalue weighted by Crippen LogP contribution is -2.36. The number of hydrogen-bond acceptors (Lipinski definition) is 8. The first-order valence-electron chi connectivity index (χ1n) is 7.57. The Labute approximate surface area is 150 Å². The SMILES string of the molecule is CC(C)(O)OC1CC(Nc2nc(Cl)nc(Cl)c2N)CC1OCCO. The van der Waals surface area contributed by atoms with Crippen LogP contribution in [0.15, 0.2) is 0 Å². The van der Waals surface area contributed by atoms with Crippen molar-refractivity contribution in [3.8, 4) is 0 Å². The standard InChI is InChI=1S/C14H22Cl2N4O4/c1-14(2,22)24-9-6-7(5-8(9)23-4-3-21)18-12-10(17)11(15)19-13(16)20-12/h7-9,21-22H,3-6,17H2,1-2H3,(H,18,19,20). The van der Waals surface area contributed by atoms with Crippen molar-refractivity contribution in [1.29, 1.82) is 0 Å². The number of ether oxygens (including phenoxy) is 2. The Morgan fingerprint density at radius 1 is 1.29 bits per heavy atom. The molecule has 1 saturated carbocycles. The smallest absolute Gasteiger partial charge is 0.225 e. The second-order valence-corrected chi connectivity index (χ2v) is 6.79. The van der Waals surface area contributed by atoms with E-state index in [-0.39, 0.29) is 47.6 Å². The van der Waals surface area contributed by atoms with E-state index in [2.05, 4.69) is 15.3 Å². The van der Waals surface area contributed by atoms with Gasteiger partial charge in [-0.2, -0.15) is 4.98 Å². The van der Waals surface area contributed by atoms with Crippen LogP contribution in [0.4, 0.5) is 11.5 Å². The van der Waals surface area contributed by atoms with Crippen LogP contribution >= 0.6 is 23.2 Å². The number of halogens is 2. The predicted octanol–water partition coefficient (Wildman–Crippen LogP) is 1.43. The van der Waals surface area contributed by atoms with E-state index in [4.69, 9.17) is 43.5 Å². The van der Waals surface area contributed by atoms with Gasteiger partial charge >= 0.3 is 0 Å². The normalized spacial score (nSPS) is 24.3. The van der Waals surface area contributed by atoms with Crippen LogP contribution in [0, 0.1) is 0 Å². The van der Waals surface area contributed by atoms with Crippen LogP contribution in [-0.4, -0.2) is 57.4 Å². The number of aromatic nitrogens is 2. The van der Waals surface area contributed by atoms with E-state index in [1.807, 2.05) is 0 Å². The average Bonchev–Trinajstić information content (AvgIpc) is 2.81. The number of rotatable bonds is 7. The second-order valence-electron chi connectivity index (χ2n) is 6.09. The lowest BCUT2D eigenvalue weighted by Gasteiger charge is -2.27. The Balaban J connectivity index is 2.09. The highest BCUT2D eigenvalue weighted by Crippen LogP contribution is 2.33. The first-order valence-corrected chi connectivity index (χ1v) is 8.33. The van der Waals surface area contributed by atoms with Gasteiger partial charge in [0.1, 0.15) is 5.69 Å². The summed E-state index contributed by atoms with van der Waals surface area (Å²) in [6.45, 7) is 3.21. The van der Waals surface area contributed by atoms with Crippen LogP contribution in [0.3, 0.4) is 0 Å². The molecule has 0 aromatic carbocycles. The predicted molar refractivity (Wildman–Crippen MR) is 91.1 cm³/mol. The van der Waals surface area contributed by atoms with Gasteiger partial charge in [-0.15, -0.1) is 0 Å². The fourth-order valence-corrected chi connectivity index (χ4v) is 3.05. The molecule has 0 bridgehead atoms. The number of hydrogen-bond donors (Lipinski definition) is 4. The summed E-state index contributed by atoms with van der Waals surface area (Å²) in [5, 5.41) is 22.1. The molecule has 0 radical (unpaired) electrons. The van der Waals surface area contributed by atoms with Gasteiger partial charge in [0.05, 0.1) is 25.4 Å². The molecular weight excluding hydrogens is 359 g/mol. The molecule has 3 atom stereocenters. The van der Waals surface area contributed by atoms with Gasteiger partial charge in [-0.1, -0.05) is 11.6 Å². The molecular formula is C14H22Cl2N4O4. The molecule has 24 heavy (non-hydrogen) atoms. The molecule has 5 N–H and O–H groups in total. The molecule has 1 heterocycles. The van der Waals surface area contributed by atoms with Crippen molar-refractivity contribution in [2.24, 2.45) is 0 Å². The minimum absolute atomic E-state index is 0.00734. The molecule has 2 rings (SSSR count). The van der Waals surface area contributed by atoms with Crippen molar-refractivity contribution < 1.29 is 19.7 Å². The van der Waals surface area contributed by atoms with E-state index in [1.165, 1.54) is 0 Å². The van der Waals surface area contributed by atoms with Crippen LogP contribution in [0.25, 0.3) is 0 Å². The van der Waals surface area contributed by atoms with Gasteiger partial charge in [0, 0.05) is 6.04 Å². The summed E-state index contributed by atoms with van der Waals surface area (Å²) in [6.07, 6.45) is 0.510. The maximum Gasteiger partial charge on any atom is 0.225 e. The summed E-state index contributed by atoms with van der Waals surface area (Å²) in [6, 6.07) is -0.0784. The van der Waals surface area contributed by atoms with Crippen molar-refractivity contribution in [3.05, 3.63) is 10.4 Å². The molecule has 10 heteroatoms. The fourth-order valence-electron chi connectivity index (χ4n) is 2.67. The van der Waals surface area contributed by atoms with Gasteiger partial charge in [-0.25, -0.2) is 4.98 Å². The molecule has 1 aliphatic rings. The molecule has 0 aliphatic heterocycles. The largest absolute Gasteiger partial charge is 0.394 e. The third-order valence-corrected chi connectivity index (χ3v) is 3.98. The minimum Gasteiger partial charge on any atom is -0.394 e. The average molecular weight is 381 g/mol. The Bertz CT molecular complexity index is 570. The maximum absolute atomic E-state index is 9.89. The molecule has 0 spiro atoms. The summed E-state index contributed by atoms with van der Waals surface area (Å²) in [4.78, 5) is 7.82. The lowest BCUT2D eigenvalue weighted by molar-refractivity contribution is -0.224. The van der Waals surface area contributed by atoms with Gasteiger partial charge in [0.15, 0.2) is 16.8 Å². The summed E-state index contributed by atoms with van der Waals surface area (Å²) in [5.74, 6) is -0.948. The number of aliphatic hydroxyl groups is 2. The summed E-state index contributed by atoms with van der Waals surface area (Å²) < 4.78 is 11.3. The van der Waals surface area contributed by atoms with E-state index in [0.717, 1.165) is 0 Å². The van der Waals surface area contributed by atoms with Crippen LogP contribution < -0.4 is 11.1 Å². The van der Waals surface area contributed by atoms with Crippen LogP contribution in [0.5, 0.6) is 0 Å². The molecule has 1 aromatic rings. The Morgan fingerprint density at radius 2 is 1.96 bits per heavy atom. The van der Waals surface area contributed by atoms with E-state index in [1.54, 1.807) is 13.8 Å². The van der Waals surface area contributed by atoms with E-state index >= 15 is 0 Å². The number of aliphatic hydroxyl groups excluding tert-OH is 1. The van der Waals surface area contributed by atoms with Crippen LogP contribution in [-0.2, 0) is 9.47 Å². The van der Waals surface area contributed by atoms with Crippen LogP contribution in [0.2, 0.25) is 10.4 Å². The summed E-state index contributed by atoms with van der Waals surface area (Å²) in [5.41, 5.74) is 6.08. The summed E-state index contributed by atoms with van der Waals surface area (Å²) in [7, 11) is 0. The number of nitrogens with zero attached hydrogens (tertiary/aromatic N) is 2. The molecule has 3 unspecified atom stereocenters. The molecule has 1 fully saturated rings. The fraction of sp³-hybridized carbons (Fsp3) is 0.714. The van der Waals surface area contributed by atoms with Gasteiger partial charge in [0.25, 0.3) is 0 Å². The highest BCUT2D eigenvalue weighted by molar-refractivity contribution is 6.34. The third kappa shape index (κ3) is 5.30. The Morgan fingerprint density at radius 3 is 2.58 bits per heavy atom. The van der Waals surface area contributed by atoms with Crippen molar-refractivity contribution in [3.63, 3.8) is 0 Å². The van der Waals surface area contributed by atoms with Gasteiger partial charge < -0.3 is 30.7 Å². The topological polar surface area (TPSA) is 123 Å². The van der Waals surface area contributed by atoms with Gasteiger partial charge in [-0.05, 0) is 38.3 Å². The minimum atomic E-state index is -1.29. The van der Waals surface area contributed by atoms with Crippen LogP contribution in [0.1, 0.15) is 26.7 Å². The maximum atomic E-state index is 9.89. The number of nitrogens with two attached hydrogens (primary N) is 1. The Kier molecular flexibility index (Phi) is 6.46. The third-order valence-electron chi connectivity index (χ3n) is 3.52. The summed E-state index contributed by atoms with van der Waals surface area (Å²) >= 11 is 11.7. The van der Waals surface area contributed by atoms with Crippen molar-refractivity contribution in [2.45, 2.75) is 50.7 Å². The zero-order chi connectivity index (χ0) is 17.9. The molecule has 8 nitrogen and oxygen atoms in total. The van der Waals surface area contributed by atoms with Gasteiger partial charge in [0.2, 0.25) is 5.28 Å². The lowest BCUT2D eigenvalue weighted by atomic mass is 10.2. The van der Waals surface area contributed by atoms with Crippen molar-refractivity contribution in [1.82, 2.24) is 9.97 Å². The first kappa shape index (κ1) is 19.4. The highest BCUT2D eigenvalue weighted by Gasteiger charge is 2.39. The van der Waals surface area contributed by atoms with Gasteiger partial charge in [-0.3, -0.25) is 0 Å². The molecule has 0 saturated heterocycles. The van der Waals surface area contributed by atoms with Crippen molar-refractivity contribution in [2.75, 3.05) is 24.3 Å². The zero-order valence-electron chi connectivity index (χ0n) is 13.5. The number of anilines is 2. The van der Waals surface area contributed by atoms with E-state index in [0.29, 0.717) is 18.7 Å². The van der Waals surface area contributed by atoms with E-state index < -0.39 is 5.79 Å². The first-order chi connectivity index (χ1) is 11.2. The molecule has 1 aliphatic carbocycles. The second kappa shape index (κ2) is 7.99.